The number of ether oxygens (including phenoxy) is 1. The minimum absolute atomic E-state index is 0.00962. The fourth-order valence-corrected chi connectivity index (χ4v) is 2.15. The van der Waals surface area contributed by atoms with Crippen molar-refractivity contribution >= 4 is 5.91 Å². The molecule has 0 fully saturated rings. The van der Waals surface area contributed by atoms with Gasteiger partial charge in [-0.3, -0.25) is 4.79 Å². The summed E-state index contributed by atoms with van der Waals surface area (Å²) in [5, 5.41) is 0. The molecule has 1 atom stereocenters. The Bertz CT molecular complexity index is 534. The van der Waals surface area contributed by atoms with Crippen molar-refractivity contribution in [1.29, 1.82) is 0 Å². The fraction of sp³-hybridized carbons (Fsp3) is 0.188. The summed E-state index contributed by atoms with van der Waals surface area (Å²) < 4.78 is 5.14. The normalized spacial score (nSPS) is 11.8. The predicted molar refractivity (Wildman–Crippen MR) is 75.1 cm³/mol. The topological polar surface area (TPSA) is 52.3 Å². The number of primary amides is 1. The van der Waals surface area contributed by atoms with Crippen LogP contribution in [0.25, 0.3) is 0 Å². The lowest BCUT2D eigenvalue weighted by Crippen LogP contribution is -2.16. The number of amides is 1. The van der Waals surface area contributed by atoms with E-state index in [4.69, 9.17) is 10.5 Å². The summed E-state index contributed by atoms with van der Waals surface area (Å²) in [7, 11) is 1.63. The van der Waals surface area contributed by atoms with Gasteiger partial charge in [-0.1, -0.05) is 42.5 Å². The van der Waals surface area contributed by atoms with Crippen molar-refractivity contribution in [2.75, 3.05) is 7.11 Å². The summed E-state index contributed by atoms with van der Waals surface area (Å²) >= 11 is 0. The molecule has 2 rings (SSSR count). The van der Waals surface area contributed by atoms with E-state index in [9.17, 15) is 4.79 Å². The van der Waals surface area contributed by atoms with E-state index in [0.29, 0.717) is 6.42 Å². The summed E-state index contributed by atoms with van der Waals surface area (Å²) in [6.07, 6.45) is 0.302. The molecule has 0 saturated heterocycles. The highest BCUT2D eigenvalue weighted by Gasteiger charge is 2.16. The van der Waals surface area contributed by atoms with Crippen LogP contribution in [-0.4, -0.2) is 13.0 Å². The smallest absolute Gasteiger partial charge is 0.218 e. The molecule has 19 heavy (non-hydrogen) atoms. The van der Waals surface area contributed by atoms with Gasteiger partial charge in [0.2, 0.25) is 5.91 Å². The zero-order valence-electron chi connectivity index (χ0n) is 10.9. The maximum Gasteiger partial charge on any atom is 0.218 e. The zero-order valence-corrected chi connectivity index (χ0v) is 10.9. The Hall–Kier alpha value is -2.29. The van der Waals surface area contributed by atoms with E-state index in [-0.39, 0.29) is 11.8 Å². The molecule has 2 aromatic carbocycles. The summed E-state index contributed by atoms with van der Waals surface area (Å²) in [5.74, 6) is 0.490. The van der Waals surface area contributed by atoms with E-state index in [0.717, 1.165) is 16.9 Å². The van der Waals surface area contributed by atoms with Gasteiger partial charge in [0.05, 0.1) is 7.11 Å². The Labute approximate surface area is 113 Å². The molecule has 2 N–H and O–H groups in total. The third-order valence-corrected chi connectivity index (χ3v) is 3.13. The van der Waals surface area contributed by atoms with E-state index < -0.39 is 0 Å². The van der Waals surface area contributed by atoms with E-state index in [1.165, 1.54) is 0 Å². The second kappa shape index (κ2) is 6.05. The van der Waals surface area contributed by atoms with Crippen molar-refractivity contribution in [3.63, 3.8) is 0 Å². The molecular weight excluding hydrogens is 238 g/mol. The summed E-state index contributed by atoms with van der Waals surface area (Å²) in [6, 6.07) is 17.6. The number of methoxy groups -OCH3 is 1. The molecule has 0 bridgehead atoms. The van der Waals surface area contributed by atoms with Crippen molar-refractivity contribution in [3.05, 3.63) is 65.7 Å². The fourth-order valence-electron chi connectivity index (χ4n) is 2.15. The molecular formula is C16H17NO2. The average Bonchev–Trinajstić information content (AvgIpc) is 2.46. The third-order valence-electron chi connectivity index (χ3n) is 3.13. The summed E-state index contributed by atoms with van der Waals surface area (Å²) in [4.78, 5) is 11.3. The van der Waals surface area contributed by atoms with Gasteiger partial charge in [0.1, 0.15) is 5.75 Å². The van der Waals surface area contributed by atoms with Gasteiger partial charge < -0.3 is 10.5 Å². The lowest BCUT2D eigenvalue weighted by molar-refractivity contribution is -0.118. The van der Waals surface area contributed by atoms with Crippen LogP contribution in [0.3, 0.4) is 0 Å². The zero-order chi connectivity index (χ0) is 13.7. The van der Waals surface area contributed by atoms with Crippen molar-refractivity contribution in [3.8, 4) is 5.75 Å². The van der Waals surface area contributed by atoms with Crippen LogP contribution >= 0.6 is 0 Å². The standard InChI is InChI=1S/C16H17NO2/c1-19-14-9-7-13(8-10-14)15(11-16(17)18)12-5-3-2-4-6-12/h2-10,15H,11H2,1H3,(H2,17,18). The summed E-state index contributed by atoms with van der Waals surface area (Å²) in [6.45, 7) is 0. The first-order valence-electron chi connectivity index (χ1n) is 6.18. The molecule has 0 heterocycles. The van der Waals surface area contributed by atoms with E-state index in [1.54, 1.807) is 7.11 Å². The molecule has 3 heteroatoms. The first-order valence-corrected chi connectivity index (χ1v) is 6.18. The quantitative estimate of drug-likeness (QED) is 0.893. The molecule has 2 aromatic rings. The van der Waals surface area contributed by atoms with Crippen molar-refractivity contribution in [2.24, 2.45) is 5.73 Å². The minimum atomic E-state index is -0.301. The third kappa shape index (κ3) is 3.35. The number of hydrogen-bond acceptors (Lipinski definition) is 2. The van der Waals surface area contributed by atoms with Gasteiger partial charge in [0.25, 0.3) is 0 Å². The second-order valence-electron chi connectivity index (χ2n) is 4.41. The molecule has 1 unspecified atom stereocenters. The molecule has 3 nitrogen and oxygen atoms in total. The molecule has 0 radical (unpaired) electrons. The van der Waals surface area contributed by atoms with E-state index in [2.05, 4.69) is 0 Å². The van der Waals surface area contributed by atoms with Gasteiger partial charge in [-0.25, -0.2) is 0 Å². The molecule has 0 aliphatic heterocycles. The average molecular weight is 255 g/mol. The number of rotatable bonds is 5. The van der Waals surface area contributed by atoms with Gasteiger partial charge in [0, 0.05) is 12.3 Å². The van der Waals surface area contributed by atoms with Gasteiger partial charge >= 0.3 is 0 Å². The monoisotopic (exact) mass is 255 g/mol. The highest BCUT2D eigenvalue weighted by molar-refractivity contribution is 5.75. The lowest BCUT2D eigenvalue weighted by atomic mass is 9.88. The first-order chi connectivity index (χ1) is 9.20. The SMILES string of the molecule is COc1ccc(C(CC(N)=O)c2ccccc2)cc1. The second-order valence-corrected chi connectivity index (χ2v) is 4.41. The Morgan fingerprint density at radius 3 is 2.16 bits per heavy atom. The first kappa shape index (κ1) is 13.1. The van der Waals surface area contributed by atoms with Gasteiger partial charge in [-0.2, -0.15) is 0 Å². The van der Waals surface area contributed by atoms with Crippen LogP contribution < -0.4 is 10.5 Å². The van der Waals surface area contributed by atoms with Crippen LogP contribution in [0, 0.1) is 0 Å². The maximum absolute atomic E-state index is 11.3. The van der Waals surface area contributed by atoms with Gasteiger partial charge in [-0.15, -0.1) is 0 Å². The number of benzene rings is 2. The Kier molecular flexibility index (Phi) is 4.18. The summed E-state index contributed by atoms with van der Waals surface area (Å²) in [5.41, 5.74) is 7.51. The Balaban J connectivity index is 2.34. The number of carbonyl (C=O) groups excluding carboxylic acids is 1. The van der Waals surface area contributed by atoms with Crippen LogP contribution in [0.1, 0.15) is 23.5 Å². The maximum atomic E-state index is 11.3. The molecule has 0 aliphatic carbocycles. The molecule has 1 amide bonds. The minimum Gasteiger partial charge on any atom is -0.497 e. The molecule has 98 valence electrons. The van der Waals surface area contributed by atoms with Crippen molar-refractivity contribution < 1.29 is 9.53 Å². The van der Waals surface area contributed by atoms with Crippen LogP contribution in [0.4, 0.5) is 0 Å². The molecule has 0 spiro atoms. The largest absolute Gasteiger partial charge is 0.497 e. The van der Waals surface area contributed by atoms with E-state index >= 15 is 0 Å². The van der Waals surface area contributed by atoms with Crippen LogP contribution in [0.2, 0.25) is 0 Å². The van der Waals surface area contributed by atoms with Crippen LogP contribution in [0.5, 0.6) is 5.75 Å². The number of carbonyl (C=O) groups is 1. The number of hydrogen-bond donors (Lipinski definition) is 1. The van der Waals surface area contributed by atoms with Crippen molar-refractivity contribution in [1.82, 2.24) is 0 Å². The van der Waals surface area contributed by atoms with Crippen LogP contribution in [-0.2, 0) is 4.79 Å². The Morgan fingerprint density at radius 2 is 1.63 bits per heavy atom. The van der Waals surface area contributed by atoms with Gasteiger partial charge in [-0.05, 0) is 23.3 Å². The highest BCUT2D eigenvalue weighted by Crippen LogP contribution is 2.28. The van der Waals surface area contributed by atoms with Crippen LogP contribution in [0.15, 0.2) is 54.6 Å². The highest BCUT2D eigenvalue weighted by atomic mass is 16.5. The van der Waals surface area contributed by atoms with Crippen molar-refractivity contribution in [2.45, 2.75) is 12.3 Å². The van der Waals surface area contributed by atoms with Gasteiger partial charge in [0.15, 0.2) is 0 Å². The predicted octanol–water partition coefficient (Wildman–Crippen LogP) is 2.70. The van der Waals surface area contributed by atoms with E-state index in [1.807, 2.05) is 54.6 Å². The molecule has 0 aromatic heterocycles. The Morgan fingerprint density at radius 1 is 1.05 bits per heavy atom. The number of nitrogens with two attached hydrogens (primary N) is 1. The lowest BCUT2D eigenvalue weighted by Gasteiger charge is -2.16. The molecule has 0 saturated carbocycles. The molecule has 0 aliphatic rings.